The van der Waals surface area contributed by atoms with Crippen LogP contribution in [0.1, 0.15) is 36.4 Å². The normalized spacial score (nSPS) is 22.3. The first-order valence-corrected chi connectivity index (χ1v) is 12.9. The summed E-state index contributed by atoms with van der Waals surface area (Å²) in [4.78, 5) is 42.6. The Balaban J connectivity index is 1.56. The molecule has 188 valence electrons. The minimum Gasteiger partial charge on any atom is -0.435 e. The summed E-state index contributed by atoms with van der Waals surface area (Å²) in [5.41, 5.74) is 1.65. The zero-order chi connectivity index (χ0) is 25.1. The number of likely N-dealkylation sites (tertiary alicyclic amines) is 1. The van der Waals surface area contributed by atoms with Gasteiger partial charge in [0.25, 0.3) is 0 Å². The number of esters is 2. The topological polar surface area (TPSA) is 85.4 Å². The molecule has 0 radical (unpaired) electrons. The van der Waals surface area contributed by atoms with E-state index in [1.807, 2.05) is 54.6 Å². The number of ether oxygens (including phenoxy) is 3. The molecule has 9 heteroatoms. The molecule has 3 aliphatic rings. The Morgan fingerprint density at radius 3 is 2.22 bits per heavy atom. The third-order valence-electron chi connectivity index (χ3n) is 6.81. The Morgan fingerprint density at radius 2 is 1.56 bits per heavy atom. The van der Waals surface area contributed by atoms with Crippen molar-refractivity contribution in [3.05, 3.63) is 82.3 Å². The Kier molecular flexibility index (Phi) is 7.11. The molecule has 2 fully saturated rings. The quantitative estimate of drug-likeness (QED) is 0.470. The lowest BCUT2D eigenvalue weighted by Crippen LogP contribution is -2.58. The Bertz CT molecular complexity index is 1140. The van der Waals surface area contributed by atoms with Crippen molar-refractivity contribution in [2.24, 2.45) is 0 Å². The highest BCUT2D eigenvalue weighted by Crippen LogP contribution is 2.44. The van der Waals surface area contributed by atoms with Crippen LogP contribution < -0.4 is 0 Å². The maximum Gasteiger partial charge on any atom is 0.417 e. The van der Waals surface area contributed by atoms with Crippen molar-refractivity contribution in [3.63, 3.8) is 0 Å². The molecular weight excluding hydrogens is 528 g/mol. The number of benzene rings is 2. The number of nitrogens with zero attached hydrogens (tertiary/aromatic N) is 2. The van der Waals surface area contributed by atoms with E-state index in [4.69, 9.17) is 14.2 Å². The molecule has 2 atom stereocenters. The number of halogens is 1. The van der Waals surface area contributed by atoms with Gasteiger partial charge in [0.05, 0.1) is 6.04 Å². The number of carbonyl (C=O) groups is 3. The van der Waals surface area contributed by atoms with E-state index in [9.17, 15) is 14.4 Å². The summed E-state index contributed by atoms with van der Waals surface area (Å²) in [6.45, 7) is 2.72. The number of amides is 1. The van der Waals surface area contributed by atoms with Gasteiger partial charge in [-0.1, -0.05) is 64.5 Å². The van der Waals surface area contributed by atoms with E-state index in [0.29, 0.717) is 6.42 Å². The van der Waals surface area contributed by atoms with Crippen LogP contribution in [0.25, 0.3) is 0 Å². The first-order chi connectivity index (χ1) is 17.5. The van der Waals surface area contributed by atoms with Crippen molar-refractivity contribution in [1.29, 1.82) is 0 Å². The van der Waals surface area contributed by atoms with Gasteiger partial charge in [-0.3, -0.25) is 0 Å². The minimum atomic E-state index is -2.06. The summed E-state index contributed by atoms with van der Waals surface area (Å²) in [5, 5.41) is 0. The average Bonchev–Trinajstić information content (AvgIpc) is 3.43. The van der Waals surface area contributed by atoms with Crippen molar-refractivity contribution >= 4 is 34.0 Å². The molecule has 3 aliphatic heterocycles. The van der Waals surface area contributed by atoms with Gasteiger partial charge >= 0.3 is 23.9 Å². The van der Waals surface area contributed by atoms with E-state index < -0.39 is 36.1 Å². The number of hydrogen-bond donors (Lipinski definition) is 0. The SMILES string of the molecule is O=C1C=CC(=O)OC2(O1)C(Cc1ccccc1Br)OC(=O)N2C(CCN1CCCC1)c1ccccc1. The van der Waals surface area contributed by atoms with E-state index in [0.717, 1.165) is 60.2 Å². The van der Waals surface area contributed by atoms with Crippen LogP contribution in [0.3, 0.4) is 0 Å². The van der Waals surface area contributed by atoms with Crippen molar-refractivity contribution < 1.29 is 28.6 Å². The third-order valence-corrected chi connectivity index (χ3v) is 7.58. The summed E-state index contributed by atoms with van der Waals surface area (Å²) in [7, 11) is 0. The van der Waals surface area contributed by atoms with E-state index in [1.54, 1.807) is 0 Å². The molecule has 2 unspecified atom stereocenters. The van der Waals surface area contributed by atoms with Crippen LogP contribution in [0, 0.1) is 0 Å². The average molecular weight is 555 g/mol. The molecule has 0 saturated carbocycles. The van der Waals surface area contributed by atoms with Gasteiger partial charge < -0.3 is 19.1 Å². The van der Waals surface area contributed by atoms with Crippen LogP contribution in [0.5, 0.6) is 0 Å². The largest absolute Gasteiger partial charge is 0.435 e. The minimum absolute atomic E-state index is 0.165. The molecule has 1 amide bonds. The zero-order valence-electron chi connectivity index (χ0n) is 19.7. The molecule has 3 heterocycles. The highest BCUT2D eigenvalue weighted by molar-refractivity contribution is 9.10. The number of cyclic esters (lactones) is 1. The highest BCUT2D eigenvalue weighted by atomic mass is 79.9. The molecule has 2 aromatic rings. The molecule has 8 nitrogen and oxygen atoms in total. The second kappa shape index (κ2) is 10.4. The standard InChI is InChI=1S/C27H27BrN2O6/c28-21-11-5-4-10-20(21)18-23-27(35-24(31)12-13-25(32)36-27)30(26(33)34-23)22(19-8-2-1-3-9-19)14-17-29-15-6-7-16-29/h1-5,8-13,22-23H,6-7,14-18H2. The Labute approximate surface area is 217 Å². The maximum absolute atomic E-state index is 13.5. The summed E-state index contributed by atoms with van der Waals surface area (Å²) < 4.78 is 18.2. The van der Waals surface area contributed by atoms with E-state index in [2.05, 4.69) is 20.8 Å². The van der Waals surface area contributed by atoms with E-state index >= 15 is 0 Å². The third kappa shape index (κ3) is 4.90. The molecule has 0 bridgehead atoms. The molecular formula is C27H27BrN2O6. The first-order valence-electron chi connectivity index (χ1n) is 12.1. The molecule has 0 aromatic heterocycles. The van der Waals surface area contributed by atoms with Gasteiger partial charge in [0.15, 0.2) is 0 Å². The second-order valence-electron chi connectivity index (χ2n) is 9.11. The Morgan fingerprint density at radius 1 is 0.917 bits per heavy atom. The fraction of sp³-hybridized carbons (Fsp3) is 0.370. The fourth-order valence-corrected chi connectivity index (χ4v) is 5.53. The smallest absolute Gasteiger partial charge is 0.417 e. The second-order valence-corrected chi connectivity index (χ2v) is 9.96. The molecule has 2 aromatic carbocycles. The fourth-order valence-electron chi connectivity index (χ4n) is 5.09. The Hall–Kier alpha value is -3.17. The molecule has 1 spiro atoms. The number of carbonyl (C=O) groups excluding carboxylic acids is 3. The lowest BCUT2D eigenvalue weighted by molar-refractivity contribution is -0.284. The number of rotatable bonds is 7. The lowest BCUT2D eigenvalue weighted by Gasteiger charge is -2.40. The van der Waals surface area contributed by atoms with Crippen LogP contribution in [-0.4, -0.2) is 59.5 Å². The van der Waals surface area contributed by atoms with E-state index in [-0.39, 0.29) is 6.42 Å². The predicted octanol–water partition coefficient (Wildman–Crippen LogP) is 4.35. The van der Waals surface area contributed by atoms with Gasteiger partial charge in [0.1, 0.15) is 0 Å². The summed E-state index contributed by atoms with van der Waals surface area (Å²) in [5.74, 6) is -3.63. The van der Waals surface area contributed by atoms with Crippen molar-refractivity contribution in [2.75, 3.05) is 19.6 Å². The first kappa shape index (κ1) is 24.5. The molecule has 0 aliphatic carbocycles. The van der Waals surface area contributed by atoms with Gasteiger partial charge in [0, 0.05) is 29.6 Å². The summed E-state index contributed by atoms with van der Waals surface area (Å²) in [6, 6.07) is 16.4. The van der Waals surface area contributed by atoms with Gasteiger partial charge in [-0.05, 0) is 49.5 Å². The van der Waals surface area contributed by atoms with E-state index in [1.165, 1.54) is 4.90 Å². The van der Waals surface area contributed by atoms with Crippen LogP contribution in [0.15, 0.2) is 71.2 Å². The molecule has 36 heavy (non-hydrogen) atoms. The summed E-state index contributed by atoms with van der Waals surface area (Å²) >= 11 is 3.53. The van der Waals surface area contributed by atoms with Gasteiger partial charge in [-0.2, -0.15) is 0 Å². The van der Waals surface area contributed by atoms with Gasteiger partial charge in [-0.15, -0.1) is 0 Å². The highest BCUT2D eigenvalue weighted by Gasteiger charge is 2.64. The van der Waals surface area contributed by atoms with Crippen molar-refractivity contribution in [1.82, 2.24) is 9.80 Å². The van der Waals surface area contributed by atoms with Crippen LogP contribution >= 0.6 is 15.9 Å². The zero-order valence-corrected chi connectivity index (χ0v) is 21.3. The molecule has 0 N–H and O–H groups in total. The number of hydrogen-bond acceptors (Lipinski definition) is 7. The molecule has 2 saturated heterocycles. The van der Waals surface area contributed by atoms with Crippen molar-refractivity contribution in [2.45, 2.75) is 43.7 Å². The van der Waals surface area contributed by atoms with Crippen LogP contribution in [0.4, 0.5) is 4.79 Å². The van der Waals surface area contributed by atoms with Crippen LogP contribution in [-0.2, 0) is 30.2 Å². The monoisotopic (exact) mass is 554 g/mol. The summed E-state index contributed by atoms with van der Waals surface area (Å²) in [6.07, 6.45) is 3.23. The van der Waals surface area contributed by atoms with Gasteiger partial charge in [0.2, 0.25) is 6.10 Å². The molecule has 5 rings (SSSR count). The predicted molar refractivity (Wildman–Crippen MR) is 133 cm³/mol. The van der Waals surface area contributed by atoms with Crippen LogP contribution in [0.2, 0.25) is 0 Å². The van der Waals surface area contributed by atoms with Crippen molar-refractivity contribution in [3.8, 4) is 0 Å². The van der Waals surface area contributed by atoms with Gasteiger partial charge in [-0.25, -0.2) is 19.3 Å². The lowest BCUT2D eigenvalue weighted by atomic mass is 9.99. The maximum atomic E-state index is 13.5.